The number of unbranched alkanes of at least 4 members (excludes halogenated alkanes) is 9. The highest BCUT2D eigenvalue weighted by Gasteiger charge is 2.36. The van der Waals surface area contributed by atoms with E-state index in [2.05, 4.69) is 6.92 Å². The molecule has 0 aromatic heterocycles. The quantitative estimate of drug-likeness (QED) is 0.362. The number of aliphatic hydroxyl groups excluding tert-OH is 1. The molecular formula is C17H34O2. The molecule has 1 rings (SSSR count). The third kappa shape index (κ3) is 9.45. The predicted octanol–water partition coefficient (Wildman–Crippen LogP) is 4.84. The van der Waals surface area contributed by atoms with Crippen LogP contribution >= 0.6 is 0 Å². The van der Waals surface area contributed by atoms with Crippen molar-refractivity contribution in [1.29, 1.82) is 0 Å². The minimum atomic E-state index is 0.310. The summed E-state index contributed by atoms with van der Waals surface area (Å²) in [5.41, 5.74) is 0. The largest absolute Gasteiger partial charge is 0.396 e. The number of hydrogen-bond acceptors (Lipinski definition) is 2. The third-order valence-electron chi connectivity index (χ3n) is 4.18. The molecule has 1 fully saturated rings. The summed E-state index contributed by atoms with van der Waals surface area (Å²) in [5, 5.41) is 8.74. The predicted molar refractivity (Wildman–Crippen MR) is 81.4 cm³/mol. The van der Waals surface area contributed by atoms with Gasteiger partial charge in [0, 0.05) is 6.61 Å². The Bertz CT molecular complexity index is 194. The molecule has 1 aliphatic rings. The zero-order valence-electron chi connectivity index (χ0n) is 12.9. The Hall–Kier alpha value is -0.0800. The summed E-state index contributed by atoms with van der Waals surface area (Å²) in [6.45, 7) is 2.59. The molecule has 2 heteroatoms. The molecule has 1 heterocycles. The van der Waals surface area contributed by atoms with E-state index >= 15 is 0 Å². The fourth-order valence-corrected chi connectivity index (χ4v) is 2.81. The highest BCUT2D eigenvalue weighted by atomic mass is 16.6. The van der Waals surface area contributed by atoms with Crippen LogP contribution in [0.15, 0.2) is 0 Å². The molecule has 0 aromatic rings. The maximum absolute atomic E-state index is 8.74. The van der Waals surface area contributed by atoms with Crippen molar-refractivity contribution in [2.24, 2.45) is 0 Å². The first-order valence-electron chi connectivity index (χ1n) is 8.64. The summed E-state index contributed by atoms with van der Waals surface area (Å²) in [6, 6.07) is 0. The first kappa shape index (κ1) is 17.0. The van der Waals surface area contributed by atoms with Gasteiger partial charge in [-0.05, 0) is 19.3 Å². The van der Waals surface area contributed by atoms with Crippen LogP contribution in [-0.4, -0.2) is 23.9 Å². The molecule has 2 unspecified atom stereocenters. The number of aliphatic hydroxyl groups is 1. The lowest BCUT2D eigenvalue weighted by atomic mass is 10.0. The van der Waals surface area contributed by atoms with Gasteiger partial charge < -0.3 is 9.84 Å². The molecule has 0 aromatic carbocycles. The van der Waals surface area contributed by atoms with Gasteiger partial charge in [0.2, 0.25) is 0 Å². The molecule has 1 aliphatic heterocycles. The summed E-state index contributed by atoms with van der Waals surface area (Å²) in [7, 11) is 0. The van der Waals surface area contributed by atoms with E-state index in [4.69, 9.17) is 9.84 Å². The van der Waals surface area contributed by atoms with Gasteiger partial charge in [0.05, 0.1) is 12.2 Å². The molecule has 0 aliphatic carbocycles. The lowest BCUT2D eigenvalue weighted by molar-refractivity contribution is 0.272. The van der Waals surface area contributed by atoms with Crippen LogP contribution in [0.1, 0.15) is 90.4 Å². The molecule has 0 bridgehead atoms. The zero-order valence-corrected chi connectivity index (χ0v) is 12.9. The second-order valence-electron chi connectivity index (χ2n) is 6.05. The molecule has 0 radical (unpaired) electrons. The number of hydrogen-bond donors (Lipinski definition) is 1. The van der Waals surface area contributed by atoms with Crippen LogP contribution in [0.25, 0.3) is 0 Å². The Morgan fingerprint density at radius 2 is 1.16 bits per heavy atom. The second-order valence-corrected chi connectivity index (χ2v) is 6.05. The first-order valence-corrected chi connectivity index (χ1v) is 8.64. The van der Waals surface area contributed by atoms with Crippen molar-refractivity contribution in [2.75, 3.05) is 6.61 Å². The topological polar surface area (TPSA) is 32.8 Å². The van der Waals surface area contributed by atoms with Crippen molar-refractivity contribution >= 4 is 0 Å². The Kier molecular flexibility index (Phi) is 10.5. The maximum Gasteiger partial charge on any atom is 0.0842 e. The minimum absolute atomic E-state index is 0.310. The number of ether oxygens (including phenoxy) is 1. The lowest BCUT2D eigenvalue weighted by Crippen LogP contribution is -1.96. The minimum Gasteiger partial charge on any atom is -0.396 e. The smallest absolute Gasteiger partial charge is 0.0842 e. The Balaban J connectivity index is 1.71. The summed E-state index contributed by atoms with van der Waals surface area (Å²) >= 11 is 0. The monoisotopic (exact) mass is 270 g/mol. The maximum atomic E-state index is 8.74. The standard InChI is InChI=1S/C17H34O2/c1-2-3-4-5-6-7-8-9-10-11-13-16-17(19-16)14-12-15-18/h16-18H,2-15H2,1H3. The average molecular weight is 270 g/mol. The van der Waals surface area contributed by atoms with Crippen LogP contribution in [-0.2, 0) is 4.74 Å². The van der Waals surface area contributed by atoms with E-state index in [1.165, 1.54) is 70.6 Å². The van der Waals surface area contributed by atoms with Crippen molar-refractivity contribution in [3.05, 3.63) is 0 Å². The van der Waals surface area contributed by atoms with E-state index in [1.807, 2.05) is 0 Å². The summed E-state index contributed by atoms with van der Waals surface area (Å²) < 4.78 is 5.59. The lowest BCUT2D eigenvalue weighted by Gasteiger charge is -2.01. The van der Waals surface area contributed by atoms with Crippen LogP contribution in [0.5, 0.6) is 0 Å². The molecule has 114 valence electrons. The van der Waals surface area contributed by atoms with Gasteiger partial charge in [0.1, 0.15) is 0 Å². The van der Waals surface area contributed by atoms with Gasteiger partial charge >= 0.3 is 0 Å². The van der Waals surface area contributed by atoms with Gasteiger partial charge in [0.15, 0.2) is 0 Å². The van der Waals surface area contributed by atoms with E-state index in [9.17, 15) is 0 Å². The fraction of sp³-hybridized carbons (Fsp3) is 1.00. The van der Waals surface area contributed by atoms with E-state index in [-0.39, 0.29) is 0 Å². The molecule has 1 saturated heterocycles. The first-order chi connectivity index (χ1) is 9.38. The van der Waals surface area contributed by atoms with Gasteiger partial charge in [-0.3, -0.25) is 0 Å². The summed E-state index contributed by atoms with van der Waals surface area (Å²) in [5.74, 6) is 0. The van der Waals surface area contributed by atoms with Crippen LogP contribution in [0.4, 0.5) is 0 Å². The van der Waals surface area contributed by atoms with Gasteiger partial charge in [-0.1, -0.05) is 71.1 Å². The highest BCUT2D eigenvalue weighted by Crippen LogP contribution is 2.30. The van der Waals surface area contributed by atoms with Crippen molar-refractivity contribution in [1.82, 2.24) is 0 Å². The van der Waals surface area contributed by atoms with Gasteiger partial charge in [-0.2, -0.15) is 0 Å². The van der Waals surface area contributed by atoms with Crippen LogP contribution in [0.2, 0.25) is 0 Å². The van der Waals surface area contributed by atoms with Crippen molar-refractivity contribution in [3.8, 4) is 0 Å². The summed E-state index contributed by atoms with van der Waals surface area (Å²) in [4.78, 5) is 0. The van der Waals surface area contributed by atoms with E-state index in [0.29, 0.717) is 18.8 Å². The Morgan fingerprint density at radius 1 is 0.684 bits per heavy atom. The Morgan fingerprint density at radius 3 is 1.68 bits per heavy atom. The summed E-state index contributed by atoms with van der Waals surface area (Å²) in [6.07, 6.45) is 18.3. The molecule has 2 atom stereocenters. The highest BCUT2D eigenvalue weighted by molar-refractivity contribution is 4.84. The number of rotatable bonds is 14. The van der Waals surface area contributed by atoms with Crippen molar-refractivity contribution < 1.29 is 9.84 Å². The van der Waals surface area contributed by atoms with Gasteiger partial charge in [-0.25, -0.2) is 0 Å². The van der Waals surface area contributed by atoms with Crippen LogP contribution in [0, 0.1) is 0 Å². The second kappa shape index (κ2) is 11.7. The van der Waals surface area contributed by atoms with E-state index in [1.54, 1.807) is 0 Å². The normalized spacial score (nSPS) is 21.8. The molecule has 0 spiro atoms. The third-order valence-corrected chi connectivity index (χ3v) is 4.18. The SMILES string of the molecule is CCCCCCCCCCCCC1OC1CCCO. The van der Waals surface area contributed by atoms with E-state index < -0.39 is 0 Å². The molecule has 0 saturated carbocycles. The number of epoxide rings is 1. The average Bonchev–Trinajstić information content (AvgIpc) is 3.17. The molecule has 2 nitrogen and oxygen atoms in total. The zero-order chi connectivity index (χ0) is 13.8. The van der Waals surface area contributed by atoms with Crippen molar-refractivity contribution in [3.63, 3.8) is 0 Å². The van der Waals surface area contributed by atoms with Crippen LogP contribution < -0.4 is 0 Å². The van der Waals surface area contributed by atoms with E-state index in [0.717, 1.165) is 12.8 Å². The van der Waals surface area contributed by atoms with Gasteiger partial charge in [-0.15, -0.1) is 0 Å². The molecular weight excluding hydrogens is 236 g/mol. The fourth-order valence-electron chi connectivity index (χ4n) is 2.81. The molecule has 0 amide bonds. The van der Waals surface area contributed by atoms with Crippen molar-refractivity contribution in [2.45, 2.75) is 103 Å². The molecule has 1 N–H and O–H groups in total. The Labute approximate surface area is 119 Å². The van der Waals surface area contributed by atoms with Crippen LogP contribution in [0.3, 0.4) is 0 Å². The molecule has 19 heavy (non-hydrogen) atoms. The van der Waals surface area contributed by atoms with Gasteiger partial charge in [0.25, 0.3) is 0 Å².